The van der Waals surface area contributed by atoms with Gasteiger partial charge in [0.2, 0.25) is 5.78 Å². The van der Waals surface area contributed by atoms with Crippen LogP contribution in [0.15, 0.2) is 24.5 Å². The van der Waals surface area contributed by atoms with Gasteiger partial charge in [-0.2, -0.15) is 0 Å². The Balaban J connectivity index is 2.01. The lowest BCUT2D eigenvalue weighted by Crippen LogP contribution is -2.06. The fourth-order valence-electron chi connectivity index (χ4n) is 2.15. The van der Waals surface area contributed by atoms with Gasteiger partial charge in [-0.3, -0.25) is 4.40 Å². The highest BCUT2D eigenvalue weighted by atomic mass is 16.6. The molecule has 20 heavy (non-hydrogen) atoms. The van der Waals surface area contributed by atoms with E-state index in [2.05, 4.69) is 15.1 Å². The second-order valence-corrected chi connectivity index (χ2v) is 4.55. The van der Waals surface area contributed by atoms with Gasteiger partial charge in [-0.25, -0.2) is 9.97 Å². The Bertz CT molecular complexity index is 803. The average molecular weight is 272 g/mol. The summed E-state index contributed by atoms with van der Waals surface area (Å²) in [6.07, 6.45) is 3.23. The van der Waals surface area contributed by atoms with Gasteiger partial charge in [0.05, 0.1) is 12.3 Å². The normalized spacial score (nSPS) is 11.1. The largest absolute Gasteiger partial charge is 0.358 e. The Morgan fingerprint density at radius 2 is 2.15 bits per heavy atom. The van der Waals surface area contributed by atoms with E-state index in [9.17, 15) is 10.1 Å². The number of rotatable bonds is 3. The van der Waals surface area contributed by atoms with Crippen LogP contribution in [0.2, 0.25) is 0 Å². The first kappa shape index (κ1) is 12.3. The molecular formula is C12H12N6O2. The molecule has 0 atom stereocenters. The molecule has 102 valence electrons. The number of hydrogen-bond acceptors (Lipinski definition) is 5. The van der Waals surface area contributed by atoms with Gasteiger partial charge in [0.15, 0.2) is 6.54 Å². The minimum Gasteiger partial charge on any atom is -0.358 e. The summed E-state index contributed by atoms with van der Waals surface area (Å²) >= 11 is 0. The highest BCUT2D eigenvalue weighted by Crippen LogP contribution is 2.13. The van der Waals surface area contributed by atoms with Crippen LogP contribution in [-0.2, 0) is 6.54 Å². The van der Waals surface area contributed by atoms with Gasteiger partial charge >= 0.3 is 5.82 Å². The van der Waals surface area contributed by atoms with Crippen LogP contribution in [0.1, 0.15) is 17.1 Å². The van der Waals surface area contributed by atoms with Crippen LogP contribution >= 0.6 is 0 Å². The Morgan fingerprint density at radius 3 is 2.90 bits per heavy atom. The number of hydrogen-bond donors (Lipinski definition) is 0. The summed E-state index contributed by atoms with van der Waals surface area (Å²) < 4.78 is 3.17. The van der Waals surface area contributed by atoms with Gasteiger partial charge in [0.25, 0.3) is 0 Å². The molecular weight excluding hydrogens is 260 g/mol. The second-order valence-electron chi connectivity index (χ2n) is 4.55. The van der Waals surface area contributed by atoms with Gasteiger partial charge in [-0.1, -0.05) is 5.10 Å². The van der Waals surface area contributed by atoms with E-state index >= 15 is 0 Å². The molecule has 0 aliphatic carbocycles. The zero-order valence-electron chi connectivity index (χ0n) is 11.0. The number of aromatic nitrogens is 5. The Labute approximate surface area is 113 Å². The molecule has 3 heterocycles. The van der Waals surface area contributed by atoms with Crippen molar-refractivity contribution in [1.29, 1.82) is 0 Å². The van der Waals surface area contributed by atoms with Crippen molar-refractivity contribution in [3.63, 3.8) is 0 Å². The van der Waals surface area contributed by atoms with Crippen LogP contribution in [0.25, 0.3) is 5.78 Å². The Kier molecular flexibility index (Phi) is 2.70. The van der Waals surface area contributed by atoms with Crippen molar-refractivity contribution in [3.05, 3.63) is 51.7 Å². The third-order valence-electron chi connectivity index (χ3n) is 3.00. The van der Waals surface area contributed by atoms with Crippen LogP contribution in [0.3, 0.4) is 0 Å². The van der Waals surface area contributed by atoms with E-state index in [1.807, 2.05) is 30.5 Å². The zero-order valence-corrected chi connectivity index (χ0v) is 11.0. The molecule has 0 radical (unpaired) electrons. The molecule has 0 N–H and O–H groups in total. The van der Waals surface area contributed by atoms with Crippen LogP contribution < -0.4 is 0 Å². The standard InChI is InChI=1S/C12H12N6O2/c1-8-5-9(2)16-6-10(15-12(16)14-8)7-17-11(18(19)20)3-4-13-17/h3-6H,7H2,1-2H3. The molecule has 0 bridgehead atoms. The summed E-state index contributed by atoms with van der Waals surface area (Å²) in [6, 6.07) is 3.32. The summed E-state index contributed by atoms with van der Waals surface area (Å²) in [5.41, 5.74) is 2.58. The van der Waals surface area contributed by atoms with Crippen molar-refractivity contribution < 1.29 is 4.92 Å². The minimum absolute atomic E-state index is 0.0529. The number of nitro groups is 1. The van der Waals surface area contributed by atoms with Gasteiger partial charge in [-0.15, -0.1) is 4.68 Å². The molecule has 3 aromatic heterocycles. The van der Waals surface area contributed by atoms with Crippen molar-refractivity contribution in [2.24, 2.45) is 0 Å². The van der Waals surface area contributed by atoms with E-state index in [4.69, 9.17) is 0 Å². The maximum absolute atomic E-state index is 10.9. The van der Waals surface area contributed by atoms with Gasteiger partial charge in [-0.05, 0) is 24.8 Å². The number of aryl methyl sites for hydroxylation is 2. The predicted molar refractivity (Wildman–Crippen MR) is 70.4 cm³/mol. The van der Waals surface area contributed by atoms with Crippen molar-refractivity contribution in [2.45, 2.75) is 20.4 Å². The molecule has 0 aromatic carbocycles. The SMILES string of the molecule is Cc1cc(C)n2cc(Cn3nccc3[N+](=O)[O-])nc2n1. The summed E-state index contributed by atoms with van der Waals surface area (Å²) in [6.45, 7) is 4.11. The summed E-state index contributed by atoms with van der Waals surface area (Å²) in [5, 5.41) is 14.8. The quantitative estimate of drug-likeness (QED) is 0.532. The minimum atomic E-state index is -0.462. The van der Waals surface area contributed by atoms with Crippen LogP contribution in [0.5, 0.6) is 0 Å². The molecule has 0 aliphatic heterocycles. The van der Waals surface area contributed by atoms with Crippen LogP contribution in [0, 0.1) is 24.0 Å². The second kappa shape index (κ2) is 4.41. The van der Waals surface area contributed by atoms with Gasteiger partial charge in [0, 0.05) is 17.6 Å². The average Bonchev–Trinajstić information content (AvgIpc) is 2.95. The van der Waals surface area contributed by atoms with Gasteiger partial charge in [0.1, 0.15) is 5.69 Å². The van der Waals surface area contributed by atoms with E-state index in [0.717, 1.165) is 11.4 Å². The first-order valence-corrected chi connectivity index (χ1v) is 6.03. The monoisotopic (exact) mass is 272 g/mol. The Hall–Kier alpha value is -2.77. The van der Waals surface area contributed by atoms with Crippen molar-refractivity contribution in [1.82, 2.24) is 24.1 Å². The fourth-order valence-corrected chi connectivity index (χ4v) is 2.15. The van der Waals surface area contributed by atoms with E-state index in [-0.39, 0.29) is 12.4 Å². The number of nitrogens with zero attached hydrogens (tertiary/aromatic N) is 6. The van der Waals surface area contributed by atoms with E-state index in [1.54, 1.807) is 0 Å². The molecule has 8 heteroatoms. The van der Waals surface area contributed by atoms with Crippen molar-refractivity contribution >= 4 is 11.6 Å². The van der Waals surface area contributed by atoms with Crippen molar-refractivity contribution in [3.8, 4) is 0 Å². The summed E-state index contributed by atoms with van der Waals surface area (Å²) in [5.74, 6) is 0.537. The predicted octanol–water partition coefficient (Wildman–Crippen LogP) is 1.50. The fraction of sp³-hybridized carbons (Fsp3) is 0.250. The van der Waals surface area contributed by atoms with E-state index < -0.39 is 4.92 Å². The topological polar surface area (TPSA) is 91.2 Å². The summed E-state index contributed by atoms with van der Waals surface area (Å²) in [7, 11) is 0. The summed E-state index contributed by atoms with van der Waals surface area (Å²) in [4.78, 5) is 19.1. The first-order chi connectivity index (χ1) is 9.54. The maximum atomic E-state index is 10.9. The Morgan fingerprint density at radius 1 is 1.35 bits per heavy atom. The van der Waals surface area contributed by atoms with Crippen LogP contribution in [0.4, 0.5) is 5.82 Å². The number of fused-ring (bicyclic) bond motifs is 1. The molecule has 0 unspecified atom stereocenters. The van der Waals surface area contributed by atoms with Gasteiger partial charge < -0.3 is 10.1 Å². The lowest BCUT2D eigenvalue weighted by molar-refractivity contribution is -0.392. The lowest BCUT2D eigenvalue weighted by atomic mass is 10.3. The van der Waals surface area contributed by atoms with Crippen molar-refractivity contribution in [2.75, 3.05) is 0 Å². The lowest BCUT2D eigenvalue weighted by Gasteiger charge is -1.98. The molecule has 0 amide bonds. The molecule has 3 rings (SSSR count). The number of imidazole rings is 1. The first-order valence-electron chi connectivity index (χ1n) is 6.03. The molecule has 8 nitrogen and oxygen atoms in total. The van der Waals surface area contributed by atoms with Crippen LogP contribution in [-0.4, -0.2) is 29.1 Å². The molecule has 0 fully saturated rings. The maximum Gasteiger partial charge on any atom is 0.345 e. The zero-order chi connectivity index (χ0) is 14.3. The molecule has 3 aromatic rings. The third kappa shape index (κ3) is 2.00. The van der Waals surface area contributed by atoms with E-state index in [1.165, 1.54) is 16.9 Å². The molecule has 0 spiro atoms. The molecule has 0 saturated heterocycles. The van der Waals surface area contributed by atoms with E-state index in [0.29, 0.717) is 11.5 Å². The highest BCUT2D eigenvalue weighted by Gasteiger charge is 2.16. The smallest absolute Gasteiger partial charge is 0.345 e. The highest BCUT2D eigenvalue weighted by molar-refractivity contribution is 5.35. The molecule has 0 saturated carbocycles. The molecule has 0 aliphatic rings. The third-order valence-corrected chi connectivity index (χ3v) is 3.00.